The number of amides is 1. The SMILES string of the molecule is CC(=O)O[C@@]12CC[C@H](N(C)C(=O)C#Cc3ccc(C)c(C)c3)[C@@H]3Oc4c(O)ccc5c4[C@@]31CCN(CC1CC1)[C@@H]2C5. The molecule has 3 aliphatic carbocycles. The van der Waals surface area contributed by atoms with E-state index in [0.29, 0.717) is 24.5 Å². The number of piperidine rings is 1. The van der Waals surface area contributed by atoms with E-state index >= 15 is 0 Å². The minimum absolute atomic E-state index is 0.0290. The number of aryl methyl sites for hydroxylation is 2. The van der Waals surface area contributed by atoms with Crippen molar-refractivity contribution in [1.82, 2.24) is 9.80 Å². The Morgan fingerprint density at radius 2 is 1.95 bits per heavy atom. The second-order valence-corrected chi connectivity index (χ2v) is 12.9. The van der Waals surface area contributed by atoms with Crippen molar-refractivity contribution in [2.45, 2.75) is 88.5 Å². The average Bonchev–Trinajstić information content (AvgIpc) is 3.68. The van der Waals surface area contributed by atoms with Gasteiger partial charge in [-0.25, -0.2) is 0 Å². The Bertz CT molecular complexity index is 1520. The van der Waals surface area contributed by atoms with E-state index in [1.807, 2.05) is 31.2 Å². The number of hydrogen-bond acceptors (Lipinski definition) is 6. The zero-order valence-electron chi connectivity index (χ0n) is 24.3. The molecule has 1 N–H and O–H groups in total. The summed E-state index contributed by atoms with van der Waals surface area (Å²) in [6, 6.07) is 9.44. The first kappa shape index (κ1) is 26.4. The lowest BCUT2D eigenvalue weighted by molar-refractivity contribution is -0.223. The molecule has 214 valence electrons. The summed E-state index contributed by atoms with van der Waals surface area (Å²) in [5.41, 5.74) is 3.83. The van der Waals surface area contributed by atoms with Crippen LogP contribution in [0.4, 0.5) is 0 Å². The number of rotatable bonds is 4. The van der Waals surface area contributed by atoms with Gasteiger partial charge in [0, 0.05) is 37.6 Å². The van der Waals surface area contributed by atoms with Gasteiger partial charge in [0.15, 0.2) is 11.5 Å². The molecule has 2 heterocycles. The van der Waals surface area contributed by atoms with Gasteiger partial charge in [-0.3, -0.25) is 14.5 Å². The smallest absolute Gasteiger partial charge is 0.303 e. The number of phenolic OH excluding ortho intramolecular Hbond substituents is 1. The lowest BCUT2D eigenvalue weighted by Crippen LogP contribution is -2.79. The van der Waals surface area contributed by atoms with Gasteiger partial charge in [0.25, 0.3) is 5.91 Å². The van der Waals surface area contributed by atoms with Crippen LogP contribution in [0.1, 0.15) is 66.8 Å². The number of carbonyl (C=O) groups is 2. The highest BCUT2D eigenvalue weighted by Crippen LogP contribution is 2.67. The Balaban J connectivity index is 1.29. The Morgan fingerprint density at radius 1 is 1.15 bits per heavy atom. The number of hydrogen-bond donors (Lipinski definition) is 1. The van der Waals surface area contributed by atoms with E-state index in [1.54, 1.807) is 18.0 Å². The third kappa shape index (κ3) is 3.83. The van der Waals surface area contributed by atoms with Crippen molar-refractivity contribution in [3.8, 4) is 23.3 Å². The van der Waals surface area contributed by atoms with E-state index in [-0.39, 0.29) is 29.7 Å². The Hall–Kier alpha value is -3.50. The molecule has 0 radical (unpaired) electrons. The number of nitrogens with zero attached hydrogens (tertiary/aromatic N) is 2. The lowest BCUT2D eigenvalue weighted by atomic mass is 9.48. The molecule has 3 fully saturated rings. The van der Waals surface area contributed by atoms with Crippen molar-refractivity contribution in [3.63, 3.8) is 0 Å². The van der Waals surface area contributed by atoms with E-state index in [9.17, 15) is 14.7 Å². The van der Waals surface area contributed by atoms with Crippen LogP contribution in [0.2, 0.25) is 0 Å². The fraction of sp³-hybridized carbons (Fsp3) is 0.529. The molecule has 5 atom stereocenters. The van der Waals surface area contributed by atoms with E-state index in [2.05, 4.69) is 23.7 Å². The summed E-state index contributed by atoms with van der Waals surface area (Å²) >= 11 is 0. The highest BCUT2D eigenvalue weighted by molar-refractivity contribution is 5.94. The minimum atomic E-state index is -0.784. The van der Waals surface area contributed by atoms with Gasteiger partial charge in [-0.1, -0.05) is 18.1 Å². The molecule has 41 heavy (non-hydrogen) atoms. The number of carbonyl (C=O) groups excluding carboxylic acids is 2. The molecule has 2 bridgehead atoms. The van der Waals surface area contributed by atoms with Crippen LogP contribution in [0.3, 0.4) is 0 Å². The molecule has 0 aromatic heterocycles. The molecule has 2 aliphatic heterocycles. The molecule has 7 heteroatoms. The standard InChI is InChI=1S/C34H38N2O5/c1-20-5-6-23(17-21(20)2)9-12-29(39)35(4)26-13-14-34(41-22(3)37)28-18-25-10-11-27(38)31-30(25)33(34,32(26)40-31)15-16-36(28)19-24-7-8-24/h5-6,10-11,17,24,26,28,32,38H,7-8,13-16,18-19H2,1-4H3/t26-,28+,32-,33-,34+/m0/s1. The summed E-state index contributed by atoms with van der Waals surface area (Å²) in [6.07, 6.45) is 4.79. The molecular formula is C34H38N2O5. The number of likely N-dealkylation sites (N-methyl/N-ethyl adjacent to an activating group) is 1. The fourth-order valence-electron chi connectivity index (χ4n) is 8.47. The van der Waals surface area contributed by atoms with E-state index < -0.39 is 17.1 Å². The number of ether oxygens (including phenoxy) is 2. The number of aromatic hydroxyl groups is 1. The van der Waals surface area contributed by atoms with Crippen molar-refractivity contribution in [2.24, 2.45) is 5.92 Å². The molecule has 5 aliphatic rings. The third-order valence-corrected chi connectivity index (χ3v) is 10.7. The topological polar surface area (TPSA) is 79.3 Å². The first-order valence-corrected chi connectivity index (χ1v) is 15.0. The molecule has 0 unspecified atom stereocenters. The summed E-state index contributed by atoms with van der Waals surface area (Å²) < 4.78 is 13.2. The van der Waals surface area contributed by atoms with Crippen LogP contribution in [0, 0.1) is 31.6 Å². The molecule has 2 aromatic rings. The summed E-state index contributed by atoms with van der Waals surface area (Å²) in [6.45, 7) is 7.48. The van der Waals surface area contributed by atoms with Gasteiger partial charge in [-0.15, -0.1) is 0 Å². The van der Waals surface area contributed by atoms with Gasteiger partial charge in [-0.2, -0.15) is 0 Å². The second kappa shape index (κ2) is 9.25. The van der Waals surface area contributed by atoms with Crippen LogP contribution in [0.15, 0.2) is 30.3 Å². The van der Waals surface area contributed by atoms with Crippen molar-refractivity contribution in [2.75, 3.05) is 20.1 Å². The zero-order valence-corrected chi connectivity index (χ0v) is 24.3. The van der Waals surface area contributed by atoms with Crippen LogP contribution in [-0.4, -0.2) is 70.7 Å². The predicted molar refractivity (Wildman–Crippen MR) is 154 cm³/mol. The fourth-order valence-corrected chi connectivity index (χ4v) is 8.47. The average molecular weight is 555 g/mol. The van der Waals surface area contributed by atoms with Crippen LogP contribution in [-0.2, 0) is 26.2 Å². The van der Waals surface area contributed by atoms with Crippen molar-refractivity contribution in [1.29, 1.82) is 0 Å². The quantitative estimate of drug-likeness (QED) is 0.454. The van der Waals surface area contributed by atoms with Gasteiger partial charge in [-0.05, 0) is 99.7 Å². The number of esters is 1. The van der Waals surface area contributed by atoms with Crippen molar-refractivity contribution >= 4 is 11.9 Å². The number of likely N-dealkylation sites (tertiary alicyclic amines) is 1. The van der Waals surface area contributed by atoms with Crippen LogP contribution in [0.25, 0.3) is 0 Å². The minimum Gasteiger partial charge on any atom is -0.504 e. The molecule has 7 rings (SSSR count). The summed E-state index contributed by atoms with van der Waals surface area (Å²) in [4.78, 5) is 30.6. The Labute approximate surface area is 241 Å². The summed E-state index contributed by atoms with van der Waals surface area (Å²) in [7, 11) is 1.80. The largest absolute Gasteiger partial charge is 0.504 e. The predicted octanol–water partition coefficient (Wildman–Crippen LogP) is 4.02. The third-order valence-electron chi connectivity index (χ3n) is 10.7. The molecular weight excluding hydrogens is 516 g/mol. The van der Waals surface area contributed by atoms with E-state index in [4.69, 9.17) is 9.47 Å². The van der Waals surface area contributed by atoms with Crippen LogP contribution in [0.5, 0.6) is 11.5 Å². The monoisotopic (exact) mass is 554 g/mol. The Morgan fingerprint density at radius 3 is 2.68 bits per heavy atom. The van der Waals surface area contributed by atoms with Crippen LogP contribution >= 0.6 is 0 Å². The van der Waals surface area contributed by atoms with Gasteiger partial charge in [0.2, 0.25) is 0 Å². The number of benzene rings is 2. The summed E-state index contributed by atoms with van der Waals surface area (Å²) in [5, 5.41) is 11.0. The molecule has 1 spiro atoms. The molecule has 2 aromatic carbocycles. The first-order chi connectivity index (χ1) is 19.6. The molecule has 1 saturated heterocycles. The summed E-state index contributed by atoms with van der Waals surface area (Å²) in [5.74, 6) is 6.66. The lowest BCUT2D eigenvalue weighted by Gasteiger charge is -2.65. The van der Waals surface area contributed by atoms with Crippen molar-refractivity contribution < 1.29 is 24.2 Å². The van der Waals surface area contributed by atoms with E-state index in [0.717, 1.165) is 48.2 Å². The number of phenols is 1. The van der Waals surface area contributed by atoms with Crippen molar-refractivity contribution in [3.05, 3.63) is 58.1 Å². The highest BCUT2D eigenvalue weighted by Gasteiger charge is 2.75. The van der Waals surface area contributed by atoms with Gasteiger partial charge >= 0.3 is 5.97 Å². The van der Waals surface area contributed by atoms with Gasteiger partial charge in [0.05, 0.1) is 17.5 Å². The maximum Gasteiger partial charge on any atom is 0.303 e. The Kier molecular flexibility index (Phi) is 5.96. The zero-order chi connectivity index (χ0) is 28.7. The molecule has 1 amide bonds. The first-order valence-electron chi connectivity index (χ1n) is 15.0. The van der Waals surface area contributed by atoms with Crippen LogP contribution < -0.4 is 4.74 Å². The highest BCUT2D eigenvalue weighted by atomic mass is 16.6. The maximum absolute atomic E-state index is 13.5. The normalized spacial score (nSPS) is 30.9. The van der Waals surface area contributed by atoms with Gasteiger partial charge in [0.1, 0.15) is 11.7 Å². The second-order valence-electron chi connectivity index (χ2n) is 12.9. The molecule has 7 nitrogen and oxygen atoms in total. The van der Waals surface area contributed by atoms with Gasteiger partial charge < -0.3 is 19.5 Å². The van der Waals surface area contributed by atoms with E-state index in [1.165, 1.54) is 25.3 Å². The maximum atomic E-state index is 13.5. The molecule has 2 saturated carbocycles.